The summed E-state index contributed by atoms with van der Waals surface area (Å²) in [7, 11) is 0. The molecule has 25 heavy (non-hydrogen) atoms. The average Bonchev–Trinajstić information content (AvgIpc) is 2.60. The number of carbonyl (C=O) groups excluding carboxylic acids is 1. The minimum atomic E-state index is -0.706. The van der Waals surface area contributed by atoms with Gasteiger partial charge in [-0.25, -0.2) is 4.89 Å². The molecule has 1 atom stereocenters. The summed E-state index contributed by atoms with van der Waals surface area (Å²) in [5, 5.41) is 0. The van der Waals surface area contributed by atoms with Gasteiger partial charge in [0.15, 0.2) is 0 Å². The van der Waals surface area contributed by atoms with Crippen LogP contribution in [0.25, 0.3) is 0 Å². The van der Waals surface area contributed by atoms with Gasteiger partial charge >= 0.3 is 0 Å². The van der Waals surface area contributed by atoms with E-state index in [0.717, 1.165) is 11.8 Å². The fourth-order valence-electron chi connectivity index (χ4n) is 5.64. The molecule has 4 bridgehead atoms. The van der Waals surface area contributed by atoms with Gasteiger partial charge in [-0.05, 0) is 70.8 Å². The number of hydrogen-bond acceptors (Lipinski definition) is 4. The Labute approximate surface area is 150 Å². The van der Waals surface area contributed by atoms with Crippen molar-refractivity contribution in [2.75, 3.05) is 19.7 Å². The van der Waals surface area contributed by atoms with E-state index in [2.05, 4.69) is 0 Å². The van der Waals surface area contributed by atoms with Crippen molar-refractivity contribution < 1.29 is 19.3 Å². The van der Waals surface area contributed by atoms with Crippen molar-refractivity contribution in [2.45, 2.75) is 64.3 Å². The second-order valence-electron chi connectivity index (χ2n) is 8.64. The summed E-state index contributed by atoms with van der Waals surface area (Å²) in [6.07, 6.45) is 9.63. The number of rotatable bonds is 4. The van der Waals surface area contributed by atoms with Crippen LogP contribution in [0.4, 0.5) is 0 Å². The highest BCUT2D eigenvalue weighted by molar-refractivity contribution is 5.87. The zero-order chi connectivity index (χ0) is 17.7. The molecule has 1 saturated heterocycles. The quantitative estimate of drug-likeness (QED) is 0.577. The van der Waals surface area contributed by atoms with Crippen LogP contribution in [0.5, 0.6) is 0 Å². The zero-order valence-electron chi connectivity index (χ0n) is 15.7. The van der Waals surface area contributed by atoms with Gasteiger partial charge in [0, 0.05) is 31.0 Å². The van der Waals surface area contributed by atoms with Crippen LogP contribution in [-0.2, 0) is 19.3 Å². The van der Waals surface area contributed by atoms with Gasteiger partial charge in [0.2, 0.25) is 11.7 Å². The van der Waals surface area contributed by atoms with E-state index in [1.807, 2.05) is 20.8 Å². The van der Waals surface area contributed by atoms with Crippen molar-refractivity contribution in [3.05, 3.63) is 12.2 Å². The summed E-state index contributed by atoms with van der Waals surface area (Å²) in [5.41, 5.74) is -0.706. The van der Waals surface area contributed by atoms with Crippen LogP contribution in [0.3, 0.4) is 0 Å². The third-order valence-corrected chi connectivity index (χ3v) is 6.88. The molecule has 5 aliphatic rings. The molecule has 1 unspecified atom stereocenters. The number of likely N-dealkylation sites (N-methyl/N-ethyl adjacent to an activating group) is 1. The number of amides is 1. The highest BCUT2D eigenvalue weighted by Gasteiger charge is 2.62. The normalized spacial score (nSPS) is 45.4. The smallest absolute Gasteiger partial charge is 0.246 e. The second-order valence-corrected chi connectivity index (χ2v) is 8.64. The lowest BCUT2D eigenvalue weighted by Gasteiger charge is -2.61. The molecule has 1 amide bonds. The fourth-order valence-corrected chi connectivity index (χ4v) is 5.64. The van der Waals surface area contributed by atoms with E-state index in [0.29, 0.717) is 31.5 Å². The molecule has 5 heteroatoms. The highest BCUT2D eigenvalue weighted by atomic mass is 17.2. The molecule has 4 saturated carbocycles. The maximum Gasteiger partial charge on any atom is 0.246 e. The Morgan fingerprint density at radius 2 is 1.64 bits per heavy atom. The first-order valence-electron chi connectivity index (χ1n) is 9.97. The molecule has 4 aliphatic carbocycles. The maximum absolute atomic E-state index is 12.2. The number of carbonyl (C=O) groups is 1. The average molecular weight is 349 g/mol. The fraction of sp³-hybridized carbons (Fsp3) is 0.850. The van der Waals surface area contributed by atoms with E-state index in [1.54, 1.807) is 17.1 Å². The number of nitrogens with zero attached hydrogens (tertiary/aromatic N) is 1. The summed E-state index contributed by atoms with van der Waals surface area (Å²) in [6, 6.07) is 0. The van der Waals surface area contributed by atoms with Gasteiger partial charge in [-0.1, -0.05) is 0 Å². The van der Waals surface area contributed by atoms with Gasteiger partial charge in [0.05, 0.1) is 6.61 Å². The summed E-state index contributed by atoms with van der Waals surface area (Å²) in [5.74, 6) is 2.12. The molecule has 5 nitrogen and oxygen atoms in total. The minimum absolute atomic E-state index is 0.00438. The van der Waals surface area contributed by atoms with E-state index < -0.39 is 11.4 Å². The van der Waals surface area contributed by atoms with Crippen LogP contribution < -0.4 is 0 Å². The Balaban J connectivity index is 1.42. The first-order valence-corrected chi connectivity index (χ1v) is 9.97. The van der Waals surface area contributed by atoms with Crippen LogP contribution >= 0.6 is 0 Å². The van der Waals surface area contributed by atoms with Crippen LogP contribution in [0.15, 0.2) is 12.2 Å². The summed E-state index contributed by atoms with van der Waals surface area (Å²) >= 11 is 0. The van der Waals surface area contributed by atoms with Crippen molar-refractivity contribution in [2.24, 2.45) is 23.7 Å². The highest BCUT2D eigenvalue weighted by Crippen LogP contribution is 2.61. The Morgan fingerprint density at radius 1 is 1.04 bits per heavy atom. The van der Waals surface area contributed by atoms with E-state index >= 15 is 0 Å². The van der Waals surface area contributed by atoms with Crippen molar-refractivity contribution in [1.82, 2.24) is 4.90 Å². The molecule has 0 N–H and O–H groups in total. The van der Waals surface area contributed by atoms with Gasteiger partial charge in [0.1, 0.15) is 5.60 Å². The molecule has 140 valence electrons. The summed E-state index contributed by atoms with van der Waals surface area (Å²) in [4.78, 5) is 25.8. The van der Waals surface area contributed by atoms with Gasteiger partial charge in [-0.2, -0.15) is 4.89 Å². The number of hydrogen-bond donors (Lipinski definition) is 0. The first kappa shape index (κ1) is 17.5. The molecule has 1 spiro atoms. The Bertz CT molecular complexity index is 516. The minimum Gasteiger partial charge on any atom is -0.343 e. The lowest BCUT2D eigenvalue weighted by Crippen LogP contribution is -2.64. The molecule has 0 radical (unpaired) electrons. The largest absolute Gasteiger partial charge is 0.343 e. The van der Waals surface area contributed by atoms with E-state index in [1.165, 1.54) is 32.1 Å². The maximum atomic E-state index is 12.2. The lowest BCUT2D eigenvalue weighted by atomic mass is 9.53. The summed E-state index contributed by atoms with van der Waals surface area (Å²) < 4.78 is 6.38. The van der Waals surface area contributed by atoms with Crippen LogP contribution in [-0.4, -0.2) is 41.9 Å². The molecule has 1 aliphatic heterocycles. The Hall–Kier alpha value is -0.910. The third kappa shape index (κ3) is 2.94. The predicted molar refractivity (Wildman–Crippen MR) is 93.4 cm³/mol. The molecule has 0 aromatic heterocycles. The SMILES string of the molecule is CCN(CC)C(=O)C=CC1(C)COC2(OO1)C1CC3CC(C1)CC2C3. The summed E-state index contributed by atoms with van der Waals surface area (Å²) in [6.45, 7) is 7.74. The molecule has 0 aromatic carbocycles. The number of ether oxygens (including phenoxy) is 1. The molecule has 1 heterocycles. The third-order valence-electron chi connectivity index (χ3n) is 6.88. The lowest BCUT2D eigenvalue weighted by molar-refractivity contribution is -0.536. The van der Waals surface area contributed by atoms with Crippen LogP contribution in [0.1, 0.15) is 52.9 Å². The van der Waals surface area contributed by atoms with Gasteiger partial charge in [-0.3, -0.25) is 4.79 Å². The zero-order valence-corrected chi connectivity index (χ0v) is 15.7. The van der Waals surface area contributed by atoms with Crippen LogP contribution in [0.2, 0.25) is 0 Å². The van der Waals surface area contributed by atoms with Crippen LogP contribution in [0, 0.1) is 23.7 Å². The Morgan fingerprint density at radius 3 is 2.12 bits per heavy atom. The second kappa shape index (κ2) is 6.36. The Kier molecular flexibility index (Phi) is 4.45. The van der Waals surface area contributed by atoms with Crippen molar-refractivity contribution in [3.8, 4) is 0 Å². The topological polar surface area (TPSA) is 48.0 Å². The van der Waals surface area contributed by atoms with Gasteiger partial charge < -0.3 is 9.64 Å². The van der Waals surface area contributed by atoms with Gasteiger partial charge in [-0.15, -0.1) is 0 Å². The van der Waals surface area contributed by atoms with E-state index in [9.17, 15) is 4.79 Å². The molecular weight excluding hydrogens is 318 g/mol. The van der Waals surface area contributed by atoms with E-state index in [4.69, 9.17) is 14.5 Å². The molecule has 5 fully saturated rings. The molecule has 5 rings (SSSR count). The van der Waals surface area contributed by atoms with Crippen molar-refractivity contribution in [3.63, 3.8) is 0 Å². The van der Waals surface area contributed by atoms with Crippen molar-refractivity contribution >= 4 is 5.91 Å². The first-order chi connectivity index (χ1) is 12.0. The van der Waals surface area contributed by atoms with Crippen molar-refractivity contribution in [1.29, 1.82) is 0 Å². The molecule has 0 aromatic rings. The standard InChI is InChI=1S/C20H31NO4/c1-4-21(5-2)18(22)6-7-19(3)13-23-20(25-24-19)16-9-14-8-15(11-16)12-17(20)10-14/h6-7,14-17H,4-5,8-13H2,1-3H3. The monoisotopic (exact) mass is 349 g/mol. The van der Waals surface area contributed by atoms with E-state index in [-0.39, 0.29) is 5.91 Å². The predicted octanol–water partition coefficient (Wildman–Crippen LogP) is 3.30. The molecular formula is C20H31NO4. The van der Waals surface area contributed by atoms with Gasteiger partial charge in [0.25, 0.3) is 0 Å².